The van der Waals surface area contributed by atoms with Crippen molar-refractivity contribution in [2.24, 2.45) is 5.92 Å². The van der Waals surface area contributed by atoms with E-state index < -0.39 is 12.1 Å². The van der Waals surface area contributed by atoms with Crippen LogP contribution in [0.1, 0.15) is 12.2 Å². The van der Waals surface area contributed by atoms with E-state index in [1.54, 1.807) is 24.3 Å². The van der Waals surface area contributed by atoms with Crippen LogP contribution in [0.2, 0.25) is 0 Å². The Morgan fingerprint density at radius 2 is 1.90 bits per heavy atom. The molecule has 0 aliphatic carbocycles. The molecule has 2 heterocycles. The zero-order valence-corrected chi connectivity index (χ0v) is 10.6. The standard InChI is InChI=1S/C13H13F3N4/c14-13(15,16)9-3-6-11-18-12(19-20(11)7-9)8-1-4-10(17)5-2-8/h1-2,4-5,9H,3,6-7,17H2. The average molecular weight is 282 g/mol. The first-order valence-corrected chi connectivity index (χ1v) is 6.30. The second-order valence-electron chi connectivity index (χ2n) is 4.93. The molecule has 0 saturated heterocycles. The summed E-state index contributed by atoms with van der Waals surface area (Å²) in [6, 6.07) is 6.96. The maximum Gasteiger partial charge on any atom is 0.393 e. The monoisotopic (exact) mass is 282 g/mol. The third kappa shape index (κ3) is 2.35. The molecule has 0 fully saturated rings. The summed E-state index contributed by atoms with van der Waals surface area (Å²) in [5.41, 5.74) is 6.97. The van der Waals surface area contributed by atoms with E-state index in [0.29, 0.717) is 23.8 Å². The smallest absolute Gasteiger partial charge is 0.393 e. The predicted octanol–water partition coefficient (Wildman–Crippen LogP) is 2.65. The molecule has 2 N–H and O–H groups in total. The lowest BCUT2D eigenvalue weighted by molar-refractivity contribution is -0.182. The number of alkyl halides is 3. The van der Waals surface area contributed by atoms with Crippen LogP contribution in [0, 0.1) is 5.92 Å². The molecule has 7 heteroatoms. The van der Waals surface area contributed by atoms with Crippen molar-refractivity contribution < 1.29 is 13.2 Å². The lowest BCUT2D eigenvalue weighted by Crippen LogP contribution is -2.32. The number of nitrogens with two attached hydrogens (primary N) is 1. The summed E-state index contributed by atoms with van der Waals surface area (Å²) in [7, 11) is 0. The van der Waals surface area contributed by atoms with Crippen LogP contribution >= 0.6 is 0 Å². The molecule has 20 heavy (non-hydrogen) atoms. The molecule has 0 amide bonds. The Kier molecular flexibility index (Phi) is 2.92. The number of hydrogen-bond donors (Lipinski definition) is 1. The number of nitrogen functional groups attached to an aromatic ring is 1. The van der Waals surface area contributed by atoms with E-state index in [1.165, 1.54) is 4.68 Å². The summed E-state index contributed by atoms with van der Waals surface area (Å²) in [5.74, 6) is -0.281. The van der Waals surface area contributed by atoms with Crippen LogP contribution < -0.4 is 5.73 Å². The molecule has 4 nitrogen and oxygen atoms in total. The van der Waals surface area contributed by atoms with Gasteiger partial charge in [-0.1, -0.05) is 0 Å². The van der Waals surface area contributed by atoms with Crippen molar-refractivity contribution in [2.75, 3.05) is 5.73 Å². The fourth-order valence-electron chi connectivity index (χ4n) is 2.33. The van der Waals surface area contributed by atoms with Gasteiger partial charge in [-0.25, -0.2) is 9.67 Å². The molecule has 1 aromatic carbocycles. The summed E-state index contributed by atoms with van der Waals surface area (Å²) < 4.78 is 39.6. The molecule has 2 aromatic rings. The number of benzene rings is 1. The minimum Gasteiger partial charge on any atom is -0.399 e. The fourth-order valence-corrected chi connectivity index (χ4v) is 2.33. The Labute approximate surface area is 113 Å². The Hall–Kier alpha value is -2.05. The number of aryl methyl sites for hydroxylation is 1. The number of rotatable bonds is 1. The van der Waals surface area contributed by atoms with Gasteiger partial charge in [0.05, 0.1) is 12.5 Å². The van der Waals surface area contributed by atoms with E-state index in [4.69, 9.17) is 5.73 Å². The molecular weight excluding hydrogens is 269 g/mol. The minimum atomic E-state index is -4.18. The van der Waals surface area contributed by atoms with Gasteiger partial charge < -0.3 is 5.73 Å². The van der Waals surface area contributed by atoms with E-state index in [0.717, 1.165) is 5.56 Å². The molecule has 1 atom stereocenters. The van der Waals surface area contributed by atoms with Crippen molar-refractivity contribution in [1.82, 2.24) is 14.8 Å². The van der Waals surface area contributed by atoms with E-state index in [2.05, 4.69) is 10.1 Å². The van der Waals surface area contributed by atoms with Crippen LogP contribution in [-0.2, 0) is 13.0 Å². The zero-order valence-electron chi connectivity index (χ0n) is 10.6. The third-order valence-electron chi connectivity index (χ3n) is 3.49. The first-order valence-electron chi connectivity index (χ1n) is 6.30. The normalized spacial score (nSPS) is 18.9. The minimum absolute atomic E-state index is 0.0728. The van der Waals surface area contributed by atoms with Crippen molar-refractivity contribution in [3.05, 3.63) is 30.1 Å². The Balaban J connectivity index is 1.89. The molecule has 0 bridgehead atoms. The van der Waals surface area contributed by atoms with E-state index >= 15 is 0 Å². The highest BCUT2D eigenvalue weighted by Crippen LogP contribution is 2.34. The van der Waals surface area contributed by atoms with Gasteiger partial charge in [-0.3, -0.25) is 0 Å². The highest BCUT2D eigenvalue weighted by atomic mass is 19.4. The molecule has 1 aromatic heterocycles. The number of halogens is 3. The van der Waals surface area contributed by atoms with Crippen LogP contribution in [0.3, 0.4) is 0 Å². The van der Waals surface area contributed by atoms with Gasteiger partial charge in [-0.2, -0.15) is 18.3 Å². The molecule has 1 aliphatic rings. The van der Waals surface area contributed by atoms with Crippen molar-refractivity contribution in [3.8, 4) is 11.4 Å². The molecule has 0 radical (unpaired) electrons. The quantitative estimate of drug-likeness (QED) is 0.818. The van der Waals surface area contributed by atoms with Crippen molar-refractivity contribution in [1.29, 1.82) is 0 Å². The van der Waals surface area contributed by atoms with E-state index in [9.17, 15) is 13.2 Å². The lowest BCUT2D eigenvalue weighted by atomic mass is 9.99. The lowest BCUT2D eigenvalue weighted by Gasteiger charge is -2.24. The largest absolute Gasteiger partial charge is 0.399 e. The van der Waals surface area contributed by atoms with E-state index in [1.807, 2.05) is 0 Å². The molecule has 3 rings (SSSR count). The maximum atomic E-state index is 12.7. The second-order valence-corrected chi connectivity index (χ2v) is 4.93. The van der Waals surface area contributed by atoms with Gasteiger partial charge in [-0.15, -0.1) is 0 Å². The molecular formula is C13H13F3N4. The van der Waals surface area contributed by atoms with Gasteiger partial charge in [0.2, 0.25) is 0 Å². The highest BCUT2D eigenvalue weighted by Gasteiger charge is 2.42. The Bertz CT molecular complexity index is 616. The Morgan fingerprint density at radius 3 is 2.55 bits per heavy atom. The van der Waals surface area contributed by atoms with Crippen molar-refractivity contribution in [3.63, 3.8) is 0 Å². The zero-order chi connectivity index (χ0) is 14.3. The third-order valence-corrected chi connectivity index (χ3v) is 3.49. The molecule has 106 valence electrons. The molecule has 1 unspecified atom stereocenters. The number of hydrogen-bond acceptors (Lipinski definition) is 3. The van der Waals surface area contributed by atoms with Crippen molar-refractivity contribution >= 4 is 5.69 Å². The number of nitrogens with zero attached hydrogens (tertiary/aromatic N) is 3. The molecule has 0 spiro atoms. The first-order chi connectivity index (χ1) is 9.43. The van der Waals surface area contributed by atoms with Gasteiger partial charge in [0.25, 0.3) is 0 Å². The van der Waals surface area contributed by atoms with Gasteiger partial charge in [0.1, 0.15) is 5.82 Å². The number of fused-ring (bicyclic) bond motifs is 1. The average Bonchev–Trinajstić information content (AvgIpc) is 2.81. The summed E-state index contributed by atoms with van der Waals surface area (Å²) in [6.45, 7) is -0.152. The van der Waals surface area contributed by atoms with Crippen LogP contribution in [0.25, 0.3) is 11.4 Å². The van der Waals surface area contributed by atoms with Gasteiger partial charge in [-0.05, 0) is 30.7 Å². The summed E-state index contributed by atoms with van der Waals surface area (Å²) in [5, 5.41) is 4.18. The summed E-state index contributed by atoms with van der Waals surface area (Å²) >= 11 is 0. The van der Waals surface area contributed by atoms with Crippen LogP contribution in [-0.4, -0.2) is 20.9 Å². The maximum absolute atomic E-state index is 12.7. The summed E-state index contributed by atoms with van der Waals surface area (Å²) in [4.78, 5) is 4.31. The number of aromatic nitrogens is 3. The highest BCUT2D eigenvalue weighted by molar-refractivity contribution is 5.58. The van der Waals surface area contributed by atoms with Crippen LogP contribution in [0.5, 0.6) is 0 Å². The second kappa shape index (κ2) is 4.50. The number of anilines is 1. The van der Waals surface area contributed by atoms with Gasteiger partial charge in [0.15, 0.2) is 5.82 Å². The fraction of sp³-hybridized carbons (Fsp3) is 0.385. The van der Waals surface area contributed by atoms with E-state index in [-0.39, 0.29) is 13.0 Å². The SMILES string of the molecule is Nc1ccc(-c2nc3n(n2)CC(C(F)(F)F)CC3)cc1. The van der Waals surface area contributed by atoms with Crippen LogP contribution in [0.15, 0.2) is 24.3 Å². The van der Waals surface area contributed by atoms with Crippen LogP contribution in [0.4, 0.5) is 18.9 Å². The molecule has 0 saturated carbocycles. The topological polar surface area (TPSA) is 56.7 Å². The summed E-state index contributed by atoms with van der Waals surface area (Å²) in [6.07, 6.45) is -3.81. The van der Waals surface area contributed by atoms with Gasteiger partial charge in [0, 0.05) is 17.7 Å². The van der Waals surface area contributed by atoms with Gasteiger partial charge >= 0.3 is 6.18 Å². The molecule has 1 aliphatic heterocycles. The van der Waals surface area contributed by atoms with Crippen molar-refractivity contribution in [2.45, 2.75) is 25.6 Å². The first kappa shape index (κ1) is 13.0. The predicted molar refractivity (Wildman–Crippen MR) is 67.7 cm³/mol. The Morgan fingerprint density at radius 1 is 1.20 bits per heavy atom.